The summed E-state index contributed by atoms with van der Waals surface area (Å²) in [5.74, 6) is -0.0221. The second kappa shape index (κ2) is 3.92. The number of aliphatic hydroxyl groups excluding tert-OH is 2. The van der Waals surface area contributed by atoms with Gasteiger partial charge in [0.25, 0.3) is 0 Å². The molecular formula is C9H16O3. The molecule has 0 radical (unpaired) electrons. The van der Waals surface area contributed by atoms with E-state index in [1.165, 1.54) is 0 Å². The molecule has 1 aliphatic heterocycles. The van der Waals surface area contributed by atoms with Crippen LogP contribution in [0.3, 0.4) is 0 Å². The highest BCUT2D eigenvalue weighted by Crippen LogP contribution is 2.21. The molecule has 0 amide bonds. The van der Waals surface area contributed by atoms with Crippen LogP contribution in [0.5, 0.6) is 0 Å². The normalized spacial score (nSPS) is 31.8. The van der Waals surface area contributed by atoms with Crippen molar-refractivity contribution in [3.05, 3.63) is 12.3 Å². The van der Waals surface area contributed by atoms with Crippen molar-refractivity contribution < 1.29 is 14.9 Å². The van der Waals surface area contributed by atoms with E-state index in [0.29, 0.717) is 0 Å². The number of hydrogen-bond donors (Lipinski definition) is 2. The smallest absolute Gasteiger partial charge is 0.114 e. The van der Waals surface area contributed by atoms with Gasteiger partial charge in [-0.3, -0.25) is 0 Å². The summed E-state index contributed by atoms with van der Waals surface area (Å²) in [5, 5.41) is 19.1. The van der Waals surface area contributed by atoms with E-state index in [9.17, 15) is 10.2 Å². The molecule has 3 nitrogen and oxygen atoms in total. The minimum Gasteiger partial charge on any atom is -0.499 e. The number of hydrogen-bond acceptors (Lipinski definition) is 3. The Morgan fingerprint density at radius 1 is 1.50 bits per heavy atom. The molecule has 0 fully saturated rings. The molecule has 0 saturated carbocycles. The van der Waals surface area contributed by atoms with Crippen LogP contribution in [0.4, 0.5) is 0 Å². The number of rotatable bonds is 2. The molecule has 0 aromatic heterocycles. The third kappa shape index (κ3) is 1.99. The Labute approximate surface area is 72.7 Å². The average molecular weight is 172 g/mol. The van der Waals surface area contributed by atoms with Crippen molar-refractivity contribution >= 4 is 0 Å². The lowest BCUT2D eigenvalue weighted by molar-refractivity contribution is -0.0285. The molecule has 0 spiro atoms. The molecule has 12 heavy (non-hydrogen) atoms. The first-order valence-corrected chi connectivity index (χ1v) is 4.27. The van der Waals surface area contributed by atoms with Gasteiger partial charge in [0.2, 0.25) is 0 Å². The van der Waals surface area contributed by atoms with Crippen molar-refractivity contribution in [2.75, 3.05) is 6.61 Å². The monoisotopic (exact) mass is 172 g/mol. The van der Waals surface area contributed by atoms with Gasteiger partial charge < -0.3 is 14.9 Å². The molecule has 1 heterocycles. The third-order valence-electron chi connectivity index (χ3n) is 2.19. The van der Waals surface area contributed by atoms with E-state index >= 15 is 0 Å². The summed E-state index contributed by atoms with van der Waals surface area (Å²) in [5.41, 5.74) is 0. The topological polar surface area (TPSA) is 49.7 Å². The largest absolute Gasteiger partial charge is 0.499 e. The van der Waals surface area contributed by atoms with Crippen molar-refractivity contribution in [3.63, 3.8) is 0 Å². The quantitative estimate of drug-likeness (QED) is 0.638. The first kappa shape index (κ1) is 9.55. The lowest BCUT2D eigenvalue weighted by Gasteiger charge is -2.29. The van der Waals surface area contributed by atoms with Crippen LogP contribution in [0.25, 0.3) is 0 Å². The van der Waals surface area contributed by atoms with Crippen LogP contribution in [0.1, 0.15) is 13.8 Å². The summed E-state index contributed by atoms with van der Waals surface area (Å²) in [6, 6.07) is 0. The Kier molecular flexibility index (Phi) is 3.12. The number of aliphatic hydroxyl groups is 2. The zero-order chi connectivity index (χ0) is 9.14. The van der Waals surface area contributed by atoms with Gasteiger partial charge in [-0.15, -0.1) is 0 Å². The SMILES string of the molecule is CC(C)[C@H](O)[C@@H]1C=COC[C@H]1O. The van der Waals surface area contributed by atoms with E-state index in [-0.39, 0.29) is 18.4 Å². The predicted octanol–water partition coefficient (Wildman–Crippen LogP) is 0.524. The van der Waals surface area contributed by atoms with Gasteiger partial charge in [-0.05, 0) is 12.0 Å². The summed E-state index contributed by atoms with van der Waals surface area (Å²) in [4.78, 5) is 0. The van der Waals surface area contributed by atoms with Crippen molar-refractivity contribution in [2.24, 2.45) is 11.8 Å². The summed E-state index contributed by atoms with van der Waals surface area (Å²) in [6.07, 6.45) is 2.20. The second-order valence-electron chi connectivity index (χ2n) is 3.54. The van der Waals surface area contributed by atoms with Crippen molar-refractivity contribution in [3.8, 4) is 0 Å². The van der Waals surface area contributed by atoms with Crippen LogP contribution in [0.2, 0.25) is 0 Å². The molecule has 3 heteroatoms. The van der Waals surface area contributed by atoms with Crippen LogP contribution < -0.4 is 0 Å². The minimum absolute atomic E-state index is 0.160. The maximum atomic E-state index is 9.65. The zero-order valence-electron chi connectivity index (χ0n) is 7.47. The van der Waals surface area contributed by atoms with E-state index in [0.717, 1.165) is 0 Å². The molecule has 0 saturated heterocycles. The molecule has 0 bridgehead atoms. The average Bonchev–Trinajstić information content (AvgIpc) is 2.04. The van der Waals surface area contributed by atoms with Gasteiger partial charge in [0, 0.05) is 5.92 Å². The molecule has 2 N–H and O–H groups in total. The Morgan fingerprint density at radius 2 is 2.17 bits per heavy atom. The maximum Gasteiger partial charge on any atom is 0.114 e. The van der Waals surface area contributed by atoms with Crippen LogP contribution in [-0.2, 0) is 4.74 Å². The molecule has 0 aliphatic carbocycles. The Balaban J connectivity index is 2.59. The summed E-state index contributed by atoms with van der Waals surface area (Å²) in [6.45, 7) is 4.15. The molecule has 1 aliphatic rings. The van der Waals surface area contributed by atoms with Gasteiger partial charge in [0.05, 0.1) is 18.5 Å². The lowest BCUT2D eigenvalue weighted by atomic mass is 9.88. The van der Waals surface area contributed by atoms with Gasteiger partial charge in [-0.25, -0.2) is 0 Å². The van der Waals surface area contributed by atoms with Crippen molar-refractivity contribution in [2.45, 2.75) is 26.1 Å². The fourth-order valence-corrected chi connectivity index (χ4v) is 1.33. The molecule has 1 rings (SSSR count). The Morgan fingerprint density at radius 3 is 2.67 bits per heavy atom. The van der Waals surface area contributed by atoms with Crippen LogP contribution in [0.15, 0.2) is 12.3 Å². The van der Waals surface area contributed by atoms with Crippen LogP contribution in [0, 0.1) is 11.8 Å². The van der Waals surface area contributed by atoms with Gasteiger partial charge in [-0.1, -0.05) is 13.8 Å². The summed E-state index contributed by atoms with van der Waals surface area (Å²) in [7, 11) is 0. The highest BCUT2D eigenvalue weighted by molar-refractivity contribution is 4.96. The summed E-state index contributed by atoms with van der Waals surface area (Å²) >= 11 is 0. The van der Waals surface area contributed by atoms with E-state index < -0.39 is 12.2 Å². The maximum absolute atomic E-state index is 9.65. The van der Waals surface area contributed by atoms with Gasteiger partial charge in [0.1, 0.15) is 6.61 Å². The second-order valence-corrected chi connectivity index (χ2v) is 3.54. The molecule has 0 aromatic carbocycles. The predicted molar refractivity (Wildman–Crippen MR) is 45.4 cm³/mol. The molecule has 0 unspecified atom stereocenters. The molecular weight excluding hydrogens is 156 g/mol. The van der Waals surface area contributed by atoms with Gasteiger partial charge >= 0.3 is 0 Å². The van der Waals surface area contributed by atoms with E-state index in [1.54, 1.807) is 12.3 Å². The highest BCUT2D eigenvalue weighted by Gasteiger charge is 2.29. The lowest BCUT2D eigenvalue weighted by Crippen LogP contribution is -2.38. The van der Waals surface area contributed by atoms with E-state index in [1.807, 2.05) is 13.8 Å². The number of ether oxygens (including phenoxy) is 1. The molecule has 70 valence electrons. The van der Waals surface area contributed by atoms with Crippen molar-refractivity contribution in [1.82, 2.24) is 0 Å². The first-order valence-electron chi connectivity index (χ1n) is 4.27. The van der Waals surface area contributed by atoms with Crippen molar-refractivity contribution in [1.29, 1.82) is 0 Å². The van der Waals surface area contributed by atoms with E-state index in [4.69, 9.17) is 4.74 Å². The van der Waals surface area contributed by atoms with Crippen LogP contribution in [-0.4, -0.2) is 29.0 Å². The van der Waals surface area contributed by atoms with Gasteiger partial charge in [0.15, 0.2) is 0 Å². The Bertz CT molecular complexity index is 165. The highest BCUT2D eigenvalue weighted by atomic mass is 16.5. The minimum atomic E-state index is -0.576. The fraction of sp³-hybridized carbons (Fsp3) is 0.778. The zero-order valence-corrected chi connectivity index (χ0v) is 7.47. The third-order valence-corrected chi connectivity index (χ3v) is 2.19. The Hall–Kier alpha value is -0.540. The summed E-state index contributed by atoms with van der Waals surface area (Å²) < 4.78 is 4.90. The first-order chi connectivity index (χ1) is 5.63. The standard InChI is InChI=1S/C9H16O3/c1-6(2)9(11)7-3-4-12-5-8(7)10/h3-4,6-11H,5H2,1-2H3/t7-,8-,9+/m1/s1. The molecule has 3 atom stereocenters. The fourth-order valence-electron chi connectivity index (χ4n) is 1.33. The molecule has 0 aromatic rings. The van der Waals surface area contributed by atoms with Gasteiger partial charge in [-0.2, -0.15) is 0 Å². The van der Waals surface area contributed by atoms with E-state index in [2.05, 4.69) is 0 Å². The van der Waals surface area contributed by atoms with Crippen LogP contribution >= 0.6 is 0 Å².